The number of carboxylic acids is 1. The third-order valence-electron chi connectivity index (χ3n) is 4.69. The zero-order valence-electron chi connectivity index (χ0n) is 17.3. The molecule has 0 saturated carbocycles. The van der Waals surface area contributed by atoms with Crippen LogP contribution in [0.25, 0.3) is 0 Å². The van der Waals surface area contributed by atoms with Crippen molar-refractivity contribution in [1.82, 2.24) is 0 Å². The largest absolute Gasteiger partial charge is 0.481 e. The van der Waals surface area contributed by atoms with Gasteiger partial charge in [0.15, 0.2) is 0 Å². The van der Waals surface area contributed by atoms with Gasteiger partial charge >= 0.3 is 11.9 Å². The average molecular weight is 381 g/mol. The average Bonchev–Trinajstić information content (AvgIpc) is 2.65. The second-order valence-corrected chi connectivity index (χ2v) is 7.24. The molecule has 4 heteroatoms. The van der Waals surface area contributed by atoms with E-state index in [9.17, 15) is 14.7 Å². The summed E-state index contributed by atoms with van der Waals surface area (Å²) >= 11 is 0. The highest BCUT2D eigenvalue weighted by Crippen LogP contribution is 2.14. The number of carbonyl (C=O) groups excluding carboxylic acids is 1. The monoisotopic (exact) mass is 380 g/mol. The first kappa shape index (κ1) is 25.4. The molecule has 1 unspecified atom stereocenters. The van der Waals surface area contributed by atoms with Crippen molar-refractivity contribution in [2.45, 2.75) is 96.8 Å². The van der Waals surface area contributed by atoms with Crippen LogP contribution in [-0.4, -0.2) is 23.7 Å². The van der Waals surface area contributed by atoms with Gasteiger partial charge in [-0.15, -0.1) is 0 Å². The van der Waals surface area contributed by atoms with Crippen LogP contribution in [0.15, 0.2) is 24.8 Å². The smallest absolute Gasteiger partial charge is 0.307 e. The Hall–Kier alpha value is -1.58. The van der Waals surface area contributed by atoms with E-state index in [1.54, 1.807) is 0 Å². The molecule has 4 nitrogen and oxygen atoms in total. The van der Waals surface area contributed by atoms with Crippen molar-refractivity contribution in [3.05, 3.63) is 24.8 Å². The number of hydrogen-bond acceptors (Lipinski definition) is 3. The molecule has 0 spiro atoms. The molecule has 0 aliphatic heterocycles. The van der Waals surface area contributed by atoms with Gasteiger partial charge in [0.2, 0.25) is 0 Å². The number of aliphatic carboxylic acids is 1. The number of unbranched alkanes of at least 4 members (excludes halogenated alkanes) is 11. The molecule has 0 aliphatic rings. The van der Waals surface area contributed by atoms with Gasteiger partial charge < -0.3 is 9.84 Å². The molecule has 0 radical (unpaired) electrons. The van der Waals surface area contributed by atoms with Crippen molar-refractivity contribution in [1.29, 1.82) is 0 Å². The number of allylic oxidation sites excluding steroid dienone is 2. The van der Waals surface area contributed by atoms with Crippen molar-refractivity contribution < 1.29 is 19.4 Å². The number of rotatable bonds is 19. The molecule has 0 aromatic rings. The first-order valence-corrected chi connectivity index (χ1v) is 10.8. The summed E-state index contributed by atoms with van der Waals surface area (Å²) in [4.78, 5) is 22.7. The van der Waals surface area contributed by atoms with Crippen molar-refractivity contribution >= 4 is 11.9 Å². The van der Waals surface area contributed by atoms with Crippen molar-refractivity contribution in [3.63, 3.8) is 0 Å². The SMILES string of the molecule is C=CCOC(=O)CC(C/C=C/CCCCCCCCCCCCC)C(=O)O. The van der Waals surface area contributed by atoms with Crippen LogP contribution in [0.5, 0.6) is 0 Å². The van der Waals surface area contributed by atoms with E-state index >= 15 is 0 Å². The third kappa shape index (κ3) is 17.6. The van der Waals surface area contributed by atoms with Gasteiger partial charge in [-0.2, -0.15) is 0 Å². The molecule has 156 valence electrons. The molecule has 27 heavy (non-hydrogen) atoms. The van der Waals surface area contributed by atoms with E-state index in [4.69, 9.17) is 4.74 Å². The lowest BCUT2D eigenvalue weighted by Gasteiger charge is -2.09. The first-order chi connectivity index (χ1) is 13.1. The Morgan fingerprint density at radius 2 is 1.48 bits per heavy atom. The summed E-state index contributed by atoms with van der Waals surface area (Å²) in [7, 11) is 0. The summed E-state index contributed by atoms with van der Waals surface area (Å²) in [6.45, 7) is 5.84. The molecule has 0 aliphatic carbocycles. The highest BCUT2D eigenvalue weighted by Gasteiger charge is 2.20. The van der Waals surface area contributed by atoms with E-state index in [1.807, 2.05) is 12.2 Å². The highest BCUT2D eigenvalue weighted by molar-refractivity contribution is 5.78. The third-order valence-corrected chi connectivity index (χ3v) is 4.69. The second kappa shape index (κ2) is 19.2. The lowest BCUT2D eigenvalue weighted by Crippen LogP contribution is -2.19. The van der Waals surface area contributed by atoms with E-state index in [-0.39, 0.29) is 13.0 Å². The molecule has 0 saturated heterocycles. The Labute approximate surface area is 166 Å². The molecule has 1 N–H and O–H groups in total. The van der Waals surface area contributed by atoms with Gasteiger partial charge in [-0.25, -0.2) is 0 Å². The predicted octanol–water partition coefficient (Wildman–Crippen LogP) is 6.45. The van der Waals surface area contributed by atoms with Crippen molar-refractivity contribution in [2.24, 2.45) is 5.92 Å². The fourth-order valence-electron chi connectivity index (χ4n) is 2.99. The minimum Gasteiger partial charge on any atom is -0.481 e. The maximum absolute atomic E-state index is 11.5. The Morgan fingerprint density at radius 3 is 2.00 bits per heavy atom. The van der Waals surface area contributed by atoms with Crippen LogP contribution >= 0.6 is 0 Å². The molecule has 0 fully saturated rings. The Kier molecular flexibility index (Phi) is 18.1. The number of hydrogen-bond donors (Lipinski definition) is 1. The maximum Gasteiger partial charge on any atom is 0.307 e. The topological polar surface area (TPSA) is 63.6 Å². The molecular formula is C23H40O4. The predicted molar refractivity (Wildman–Crippen MR) is 112 cm³/mol. The van der Waals surface area contributed by atoms with Gasteiger partial charge in [0.1, 0.15) is 6.61 Å². The molecule has 0 amide bonds. The van der Waals surface area contributed by atoms with Gasteiger partial charge in [-0.1, -0.05) is 95.9 Å². The van der Waals surface area contributed by atoms with E-state index in [2.05, 4.69) is 13.5 Å². The molecule has 0 heterocycles. The van der Waals surface area contributed by atoms with E-state index in [0.29, 0.717) is 6.42 Å². The number of carboxylic acid groups (broad SMARTS) is 1. The lowest BCUT2D eigenvalue weighted by molar-refractivity contribution is -0.150. The quantitative estimate of drug-likeness (QED) is 0.159. The maximum atomic E-state index is 11.5. The van der Waals surface area contributed by atoms with E-state index < -0.39 is 17.9 Å². The zero-order chi connectivity index (χ0) is 20.2. The fourth-order valence-corrected chi connectivity index (χ4v) is 2.99. The highest BCUT2D eigenvalue weighted by atomic mass is 16.5. The summed E-state index contributed by atoms with van der Waals surface area (Å²) in [5, 5.41) is 9.19. The molecule has 0 rings (SSSR count). The molecular weight excluding hydrogens is 340 g/mol. The Balaban J connectivity index is 3.61. The molecule has 0 bridgehead atoms. The minimum absolute atomic E-state index is 0.0913. The summed E-state index contributed by atoms with van der Waals surface area (Å²) in [5.41, 5.74) is 0. The van der Waals surface area contributed by atoms with Gasteiger partial charge in [-0.05, 0) is 19.3 Å². The Bertz CT molecular complexity index is 415. The van der Waals surface area contributed by atoms with Crippen molar-refractivity contribution in [3.8, 4) is 0 Å². The normalized spacial score (nSPS) is 12.2. The Morgan fingerprint density at radius 1 is 0.926 bits per heavy atom. The minimum atomic E-state index is -0.954. The van der Waals surface area contributed by atoms with Gasteiger partial charge in [0.05, 0.1) is 12.3 Å². The molecule has 1 atom stereocenters. The molecule has 0 aromatic heterocycles. The summed E-state index contributed by atoms with van der Waals surface area (Å²) in [6.07, 6.45) is 21.2. The fraction of sp³-hybridized carbons (Fsp3) is 0.739. The van der Waals surface area contributed by atoms with Gasteiger partial charge in [0, 0.05) is 0 Å². The lowest BCUT2D eigenvalue weighted by atomic mass is 10.0. The standard InChI is InChI=1S/C23H40O4/c1-3-5-6-7-8-9-10-11-12-13-14-15-16-17-18-21(23(25)26)20-22(24)27-19-4-2/h4,16-17,21H,2-3,5-15,18-20H2,1H3,(H,25,26)/b17-16+. The zero-order valence-corrected chi connectivity index (χ0v) is 17.3. The van der Waals surface area contributed by atoms with E-state index in [0.717, 1.165) is 12.8 Å². The summed E-state index contributed by atoms with van der Waals surface area (Å²) < 4.78 is 4.85. The van der Waals surface area contributed by atoms with Crippen LogP contribution in [0.2, 0.25) is 0 Å². The van der Waals surface area contributed by atoms with Crippen LogP contribution in [-0.2, 0) is 14.3 Å². The summed E-state index contributed by atoms with van der Waals surface area (Å²) in [6, 6.07) is 0. The van der Waals surface area contributed by atoms with Crippen LogP contribution in [0.3, 0.4) is 0 Å². The summed E-state index contributed by atoms with van der Waals surface area (Å²) in [5.74, 6) is -2.15. The van der Waals surface area contributed by atoms with Crippen LogP contribution in [0, 0.1) is 5.92 Å². The van der Waals surface area contributed by atoms with Crippen molar-refractivity contribution in [2.75, 3.05) is 6.61 Å². The van der Waals surface area contributed by atoms with Crippen LogP contribution in [0.4, 0.5) is 0 Å². The molecule has 0 aromatic carbocycles. The number of esters is 1. The van der Waals surface area contributed by atoms with Gasteiger partial charge in [0.25, 0.3) is 0 Å². The number of carbonyl (C=O) groups is 2. The van der Waals surface area contributed by atoms with Crippen LogP contribution in [0.1, 0.15) is 96.8 Å². The number of ether oxygens (including phenoxy) is 1. The van der Waals surface area contributed by atoms with Crippen LogP contribution < -0.4 is 0 Å². The first-order valence-electron chi connectivity index (χ1n) is 10.8. The van der Waals surface area contributed by atoms with E-state index in [1.165, 1.54) is 70.3 Å². The second-order valence-electron chi connectivity index (χ2n) is 7.24. The van der Waals surface area contributed by atoms with Gasteiger partial charge in [-0.3, -0.25) is 9.59 Å².